The molecule has 0 aromatic heterocycles. The molecule has 2 aromatic rings. The van der Waals surface area contributed by atoms with Crippen molar-refractivity contribution < 1.29 is 14.6 Å². The molecule has 2 aliphatic rings. The first-order valence-electron chi connectivity index (χ1n) is 7.89. The van der Waals surface area contributed by atoms with Crippen molar-refractivity contribution in [1.82, 2.24) is 5.32 Å². The molecule has 4 unspecified atom stereocenters. The third kappa shape index (κ3) is 2.39. The molecule has 4 heteroatoms. The number of carbonyl (C=O) groups excluding carboxylic acids is 1. The van der Waals surface area contributed by atoms with Gasteiger partial charge in [0.2, 0.25) is 0 Å². The summed E-state index contributed by atoms with van der Waals surface area (Å²) >= 11 is 0. The summed E-state index contributed by atoms with van der Waals surface area (Å²) in [6.07, 6.45) is -0.150. The number of nitrogens with one attached hydrogen (secondary N) is 1. The first-order valence-corrected chi connectivity index (χ1v) is 7.89. The molecule has 0 aliphatic heterocycles. The van der Waals surface area contributed by atoms with Gasteiger partial charge in [0.1, 0.15) is 5.75 Å². The zero-order chi connectivity index (χ0) is 16.0. The zero-order valence-electron chi connectivity index (χ0n) is 12.9. The molecule has 2 aromatic carbocycles. The van der Waals surface area contributed by atoms with Gasteiger partial charge in [-0.1, -0.05) is 36.4 Å². The summed E-state index contributed by atoms with van der Waals surface area (Å²) in [5, 5.41) is 13.3. The molecule has 4 rings (SSSR count). The molecule has 1 saturated carbocycles. The predicted molar refractivity (Wildman–Crippen MR) is 86.3 cm³/mol. The lowest BCUT2D eigenvalue weighted by Gasteiger charge is -2.14. The number of methoxy groups -OCH3 is 1. The Hall–Kier alpha value is -2.33. The van der Waals surface area contributed by atoms with Crippen LogP contribution < -0.4 is 10.1 Å². The number of amides is 1. The molecular weight excluding hydrogens is 290 g/mol. The van der Waals surface area contributed by atoms with Gasteiger partial charge in [0.15, 0.2) is 6.10 Å². The summed E-state index contributed by atoms with van der Waals surface area (Å²) in [7, 11) is 1.56. The van der Waals surface area contributed by atoms with Gasteiger partial charge in [0.05, 0.1) is 7.11 Å². The van der Waals surface area contributed by atoms with E-state index in [4.69, 9.17) is 4.74 Å². The highest BCUT2D eigenvalue weighted by Crippen LogP contribution is 2.56. The molecule has 23 heavy (non-hydrogen) atoms. The van der Waals surface area contributed by atoms with Crippen LogP contribution in [0.25, 0.3) is 0 Å². The number of ether oxygens (including phenoxy) is 1. The normalized spacial score (nSPS) is 25.2. The minimum absolute atomic E-state index is 0.151. The van der Waals surface area contributed by atoms with Gasteiger partial charge in [-0.3, -0.25) is 4.79 Å². The van der Waals surface area contributed by atoms with Crippen molar-refractivity contribution >= 4 is 5.91 Å². The second kappa shape index (κ2) is 5.39. The van der Waals surface area contributed by atoms with Crippen molar-refractivity contribution in [3.05, 3.63) is 65.2 Å². The van der Waals surface area contributed by atoms with Gasteiger partial charge < -0.3 is 15.2 Å². The number of fused-ring (bicyclic) bond motifs is 3. The van der Waals surface area contributed by atoms with Crippen molar-refractivity contribution in [3.63, 3.8) is 0 Å². The highest BCUT2D eigenvalue weighted by Gasteiger charge is 2.56. The van der Waals surface area contributed by atoms with Crippen LogP contribution in [-0.2, 0) is 11.2 Å². The standard InChI is InChI=1S/C19H19NO3/c1-23-13-7-4-6-12(9-13)18(21)19(22)20-17-15-10-11-5-2-3-8-14(11)16(15)17/h2-9,15-18,21H,10H2,1H3,(H,20,22). The van der Waals surface area contributed by atoms with E-state index < -0.39 is 6.10 Å². The Bertz CT molecular complexity index is 758. The largest absolute Gasteiger partial charge is 0.497 e. The van der Waals surface area contributed by atoms with Crippen molar-refractivity contribution in [2.45, 2.75) is 24.5 Å². The molecule has 4 nitrogen and oxygen atoms in total. The SMILES string of the molecule is COc1cccc(C(O)C(=O)NC2C3Cc4ccccc4C32)c1. The van der Waals surface area contributed by atoms with Gasteiger partial charge >= 0.3 is 0 Å². The van der Waals surface area contributed by atoms with E-state index in [-0.39, 0.29) is 11.9 Å². The first-order chi connectivity index (χ1) is 11.2. The Balaban J connectivity index is 1.44. The highest BCUT2D eigenvalue weighted by molar-refractivity contribution is 5.83. The van der Waals surface area contributed by atoms with Crippen LogP contribution in [0.2, 0.25) is 0 Å². The number of benzene rings is 2. The van der Waals surface area contributed by atoms with Crippen LogP contribution in [0.3, 0.4) is 0 Å². The van der Waals surface area contributed by atoms with Gasteiger partial charge in [0.25, 0.3) is 5.91 Å². The number of carbonyl (C=O) groups is 1. The molecule has 0 spiro atoms. The fourth-order valence-electron chi connectivity index (χ4n) is 3.75. The third-order valence-electron chi connectivity index (χ3n) is 5.01. The van der Waals surface area contributed by atoms with Crippen molar-refractivity contribution in [3.8, 4) is 5.75 Å². The average molecular weight is 309 g/mol. The van der Waals surface area contributed by atoms with Crippen LogP contribution >= 0.6 is 0 Å². The number of aliphatic hydroxyl groups is 1. The monoisotopic (exact) mass is 309 g/mol. The number of hydrogen-bond acceptors (Lipinski definition) is 3. The van der Waals surface area contributed by atoms with Crippen LogP contribution in [0.5, 0.6) is 5.75 Å². The molecule has 0 bridgehead atoms. The summed E-state index contributed by atoms with van der Waals surface area (Å²) in [6.45, 7) is 0. The smallest absolute Gasteiger partial charge is 0.253 e. The fourth-order valence-corrected chi connectivity index (χ4v) is 3.75. The van der Waals surface area contributed by atoms with E-state index in [1.165, 1.54) is 11.1 Å². The Kier molecular flexibility index (Phi) is 3.34. The van der Waals surface area contributed by atoms with E-state index >= 15 is 0 Å². The molecule has 4 atom stereocenters. The quantitative estimate of drug-likeness (QED) is 0.910. The average Bonchev–Trinajstić information content (AvgIpc) is 3.10. The molecule has 0 heterocycles. The topological polar surface area (TPSA) is 58.6 Å². The lowest BCUT2D eigenvalue weighted by atomic mass is 10.0. The maximum atomic E-state index is 12.3. The van der Waals surface area contributed by atoms with E-state index in [1.54, 1.807) is 31.4 Å². The minimum atomic E-state index is -1.17. The van der Waals surface area contributed by atoms with E-state index in [9.17, 15) is 9.90 Å². The summed E-state index contributed by atoms with van der Waals surface area (Å²) in [4.78, 5) is 12.3. The molecule has 2 aliphatic carbocycles. The zero-order valence-corrected chi connectivity index (χ0v) is 12.9. The van der Waals surface area contributed by atoms with Gasteiger partial charge in [-0.25, -0.2) is 0 Å². The maximum Gasteiger partial charge on any atom is 0.253 e. The molecule has 2 N–H and O–H groups in total. The number of rotatable bonds is 4. The van der Waals surface area contributed by atoms with Crippen LogP contribution in [0.4, 0.5) is 0 Å². The van der Waals surface area contributed by atoms with E-state index in [0.29, 0.717) is 23.1 Å². The van der Waals surface area contributed by atoms with E-state index in [2.05, 4.69) is 23.5 Å². The van der Waals surface area contributed by atoms with E-state index in [1.807, 2.05) is 6.07 Å². The lowest BCUT2D eigenvalue weighted by Crippen LogP contribution is -2.33. The Labute approximate surface area is 135 Å². The van der Waals surface area contributed by atoms with Crippen LogP contribution in [0.15, 0.2) is 48.5 Å². The minimum Gasteiger partial charge on any atom is -0.497 e. The fraction of sp³-hybridized carbons (Fsp3) is 0.316. The molecule has 1 fully saturated rings. The van der Waals surface area contributed by atoms with Crippen molar-refractivity contribution in [2.75, 3.05) is 7.11 Å². The van der Waals surface area contributed by atoms with Gasteiger partial charge in [-0.05, 0) is 41.2 Å². The molecule has 118 valence electrons. The van der Waals surface area contributed by atoms with Crippen LogP contribution in [-0.4, -0.2) is 24.2 Å². The second-order valence-corrected chi connectivity index (χ2v) is 6.31. The number of aliphatic hydroxyl groups excluding tert-OH is 1. The van der Waals surface area contributed by atoms with Crippen LogP contribution in [0, 0.1) is 5.92 Å². The third-order valence-corrected chi connectivity index (χ3v) is 5.01. The summed E-state index contributed by atoms with van der Waals surface area (Å²) in [6, 6.07) is 15.5. The Morgan fingerprint density at radius 2 is 2.09 bits per heavy atom. The highest BCUT2D eigenvalue weighted by atomic mass is 16.5. The van der Waals surface area contributed by atoms with Crippen molar-refractivity contribution in [1.29, 1.82) is 0 Å². The molecule has 0 radical (unpaired) electrons. The molecule has 0 saturated heterocycles. The number of hydrogen-bond donors (Lipinski definition) is 2. The molecule has 1 amide bonds. The van der Waals surface area contributed by atoms with Gasteiger partial charge in [0, 0.05) is 12.0 Å². The summed E-state index contributed by atoms with van der Waals surface area (Å²) in [5.74, 6) is 1.18. The summed E-state index contributed by atoms with van der Waals surface area (Å²) in [5.41, 5.74) is 3.29. The Morgan fingerprint density at radius 1 is 1.26 bits per heavy atom. The van der Waals surface area contributed by atoms with Gasteiger partial charge in [-0.15, -0.1) is 0 Å². The van der Waals surface area contributed by atoms with E-state index in [0.717, 1.165) is 6.42 Å². The first kappa shape index (κ1) is 14.3. The van der Waals surface area contributed by atoms with Gasteiger partial charge in [-0.2, -0.15) is 0 Å². The maximum absolute atomic E-state index is 12.3. The van der Waals surface area contributed by atoms with Crippen molar-refractivity contribution in [2.24, 2.45) is 5.92 Å². The molecular formula is C19H19NO3. The van der Waals surface area contributed by atoms with Crippen LogP contribution in [0.1, 0.15) is 28.7 Å². The predicted octanol–water partition coefficient (Wildman–Crippen LogP) is 2.18. The lowest BCUT2D eigenvalue weighted by molar-refractivity contribution is -0.129. The Morgan fingerprint density at radius 3 is 2.91 bits per heavy atom. The summed E-state index contributed by atoms with van der Waals surface area (Å²) < 4.78 is 5.14. The second-order valence-electron chi connectivity index (χ2n) is 6.31.